The largest absolute Gasteiger partial charge is 0.434 e. The van der Waals surface area contributed by atoms with Crippen molar-refractivity contribution in [3.63, 3.8) is 0 Å². The predicted molar refractivity (Wildman–Crippen MR) is 73.6 cm³/mol. The van der Waals surface area contributed by atoms with E-state index in [4.69, 9.17) is 0 Å². The molecule has 0 heterocycles. The van der Waals surface area contributed by atoms with Gasteiger partial charge in [0.05, 0.1) is 0 Å². The molecule has 0 aliphatic heterocycles. The summed E-state index contributed by atoms with van der Waals surface area (Å²) in [4.78, 5) is 0. The van der Waals surface area contributed by atoms with Crippen molar-refractivity contribution >= 4 is 0 Å². The fourth-order valence-electron chi connectivity index (χ4n) is 2.11. The molecule has 0 aliphatic carbocycles. The first kappa shape index (κ1) is 15.9. The Balaban J connectivity index is 2.93. The summed E-state index contributed by atoms with van der Waals surface area (Å²) in [6, 6.07) is 7.08. The second kappa shape index (κ2) is 8.10. The maximum atomic E-state index is 12.4. The van der Waals surface area contributed by atoms with Crippen molar-refractivity contribution in [3.05, 3.63) is 29.8 Å². The fourth-order valence-corrected chi connectivity index (χ4v) is 2.11. The van der Waals surface area contributed by atoms with E-state index in [-0.39, 0.29) is 11.8 Å². The molecule has 0 aliphatic rings. The molecule has 1 rings (SSSR count). The van der Waals surface area contributed by atoms with E-state index in [1.54, 1.807) is 12.1 Å². The second-order valence-corrected chi connectivity index (χ2v) is 4.78. The van der Waals surface area contributed by atoms with Crippen molar-refractivity contribution in [1.29, 1.82) is 0 Å². The van der Waals surface area contributed by atoms with Crippen molar-refractivity contribution in [2.75, 3.05) is 6.54 Å². The molecule has 0 fully saturated rings. The van der Waals surface area contributed by atoms with Gasteiger partial charge in [0.25, 0.3) is 0 Å². The van der Waals surface area contributed by atoms with Gasteiger partial charge in [-0.05, 0) is 24.9 Å². The van der Waals surface area contributed by atoms with Gasteiger partial charge in [-0.1, -0.05) is 45.4 Å². The Kier molecular flexibility index (Phi) is 6.78. The molecule has 19 heavy (non-hydrogen) atoms. The third-order valence-corrected chi connectivity index (χ3v) is 3.30. The Hall–Kier alpha value is -1.16. The fraction of sp³-hybridized carbons (Fsp3) is 0.600. The highest BCUT2D eigenvalue weighted by atomic mass is 19.3. The van der Waals surface area contributed by atoms with Gasteiger partial charge in [-0.2, -0.15) is 8.78 Å². The third-order valence-electron chi connectivity index (χ3n) is 3.30. The molecule has 2 nitrogen and oxygen atoms in total. The summed E-state index contributed by atoms with van der Waals surface area (Å²) in [6.07, 6.45) is 1.98. The zero-order valence-corrected chi connectivity index (χ0v) is 11.8. The number of hydrogen-bond donors (Lipinski definition) is 1. The summed E-state index contributed by atoms with van der Waals surface area (Å²) in [6.45, 7) is 4.33. The highest BCUT2D eigenvalue weighted by molar-refractivity contribution is 5.36. The van der Waals surface area contributed by atoms with E-state index >= 15 is 0 Å². The van der Waals surface area contributed by atoms with E-state index < -0.39 is 6.61 Å². The molecule has 0 spiro atoms. The first-order valence-corrected chi connectivity index (χ1v) is 6.85. The highest BCUT2D eigenvalue weighted by Crippen LogP contribution is 2.31. The van der Waals surface area contributed by atoms with E-state index in [1.807, 2.05) is 19.1 Å². The minimum atomic E-state index is -2.79. The number of hydrogen-bond acceptors (Lipinski definition) is 2. The Morgan fingerprint density at radius 3 is 2.47 bits per heavy atom. The van der Waals surface area contributed by atoms with Crippen LogP contribution in [-0.4, -0.2) is 13.2 Å². The minimum absolute atomic E-state index is 0.0508. The number of ether oxygens (including phenoxy) is 1. The molecule has 2 unspecified atom stereocenters. The summed E-state index contributed by atoms with van der Waals surface area (Å²) in [7, 11) is 0. The summed E-state index contributed by atoms with van der Waals surface area (Å²) in [5.74, 6) is 0.801. The van der Waals surface area contributed by atoms with Crippen LogP contribution in [0.15, 0.2) is 24.3 Å². The zero-order valence-electron chi connectivity index (χ0n) is 11.8. The molecule has 0 radical (unpaired) electrons. The minimum Gasteiger partial charge on any atom is -0.434 e. The lowest BCUT2D eigenvalue weighted by atomic mass is 9.93. The number of alkyl halides is 2. The number of nitrogens with one attached hydrogen (secondary N) is 1. The summed E-state index contributed by atoms with van der Waals surface area (Å²) in [5.41, 5.74) is 0.810. The normalized spacial score (nSPS) is 14.4. The number of benzene rings is 1. The molecule has 2 atom stereocenters. The van der Waals surface area contributed by atoms with Gasteiger partial charge in [0.1, 0.15) is 5.75 Å². The van der Waals surface area contributed by atoms with Crippen LogP contribution in [0.2, 0.25) is 0 Å². The van der Waals surface area contributed by atoms with E-state index in [1.165, 1.54) is 0 Å². The van der Waals surface area contributed by atoms with Gasteiger partial charge in [-0.25, -0.2) is 0 Å². The Bertz CT molecular complexity index is 371. The average molecular weight is 271 g/mol. The highest BCUT2D eigenvalue weighted by Gasteiger charge is 2.19. The van der Waals surface area contributed by atoms with Crippen LogP contribution < -0.4 is 10.1 Å². The lowest BCUT2D eigenvalue weighted by Crippen LogP contribution is -2.23. The lowest BCUT2D eigenvalue weighted by Gasteiger charge is -2.23. The molecule has 0 amide bonds. The van der Waals surface area contributed by atoms with Gasteiger partial charge >= 0.3 is 6.61 Å². The standard InChI is InChI=1S/C15H23F2NO/c1-4-11(3)10-13(18-5-2)12-8-6-7-9-14(12)19-15(16)17/h6-9,11,13,15,18H,4-5,10H2,1-3H3. The molecule has 108 valence electrons. The van der Waals surface area contributed by atoms with E-state index in [0.717, 1.165) is 24.9 Å². The summed E-state index contributed by atoms with van der Waals surface area (Å²) >= 11 is 0. The molecule has 0 bridgehead atoms. The Labute approximate surface area is 114 Å². The number of rotatable bonds is 8. The topological polar surface area (TPSA) is 21.3 Å². The van der Waals surface area contributed by atoms with Gasteiger partial charge in [0.15, 0.2) is 0 Å². The molecular weight excluding hydrogens is 248 g/mol. The second-order valence-electron chi connectivity index (χ2n) is 4.78. The van der Waals surface area contributed by atoms with Crippen molar-refractivity contribution < 1.29 is 13.5 Å². The molecule has 1 aromatic rings. The van der Waals surface area contributed by atoms with Gasteiger partial charge in [-0.3, -0.25) is 0 Å². The van der Waals surface area contributed by atoms with Crippen LogP contribution in [-0.2, 0) is 0 Å². The van der Waals surface area contributed by atoms with Crippen molar-refractivity contribution in [1.82, 2.24) is 5.32 Å². The number of para-hydroxylation sites is 1. The summed E-state index contributed by atoms with van der Waals surface area (Å²) < 4.78 is 29.5. The van der Waals surface area contributed by atoms with E-state index in [9.17, 15) is 8.78 Å². The van der Waals surface area contributed by atoms with Gasteiger partial charge in [0.2, 0.25) is 0 Å². The molecule has 0 saturated heterocycles. The van der Waals surface area contributed by atoms with Gasteiger partial charge < -0.3 is 10.1 Å². The van der Waals surface area contributed by atoms with Crippen LogP contribution in [0.25, 0.3) is 0 Å². The van der Waals surface area contributed by atoms with E-state index in [0.29, 0.717) is 5.92 Å². The first-order valence-electron chi connectivity index (χ1n) is 6.85. The quantitative estimate of drug-likeness (QED) is 0.758. The lowest BCUT2D eigenvalue weighted by molar-refractivity contribution is -0.0507. The number of halogens is 2. The Morgan fingerprint density at radius 1 is 1.21 bits per heavy atom. The molecule has 1 aromatic carbocycles. The van der Waals surface area contributed by atoms with Gasteiger partial charge in [0, 0.05) is 11.6 Å². The van der Waals surface area contributed by atoms with Crippen LogP contribution in [0, 0.1) is 5.92 Å². The van der Waals surface area contributed by atoms with Crippen LogP contribution in [0.3, 0.4) is 0 Å². The molecule has 0 saturated carbocycles. The van der Waals surface area contributed by atoms with Crippen LogP contribution in [0.4, 0.5) is 8.78 Å². The van der Waals surface area contributed by atoms with Crippen molar-refractivity contribution in [2.24, 2.45) is 5.92 Å². The zero-order chi connectivity index (χ0) is 14.3. The van der Waals surface area contributed by atoms with Crippen molar-refractivity contribution in [3.8, 4) is 5.75 Å². The molecular formula is C15H23F2NO. The smallest absolute Gasteiger partial charge is 0.387 e. The maximum Gasteiger partial charge on any atom is 0.387 e. The summed E-state index contributed by atoms with van der Waals surface area (Å²) in [5, 5.41) is 3.35. The van der Waals surface area contributed by atoms with E-state index in [2.05, 4.69) is 23.9 Å². The molecule has 4 heteroatoms. The molecule has 0 aromatic heterocycles. The SMILES string of the molecule is CCNC(CC(C)CC)c1ccccc1OC(F)F. The predicted octanol–water partition coefficient (Wildman–Crippen LogP) is 4.37. The average Bonchev–Trinajstić information content (AvgIpc) is 2.38. The van der Waals surface area contributed by atoms with Crippen LogP contribution in [0.1, 0.15) is 45.2 Å². The van der Waals surface area contributed by atoms with Gasteiger partial charge in [-0.15, -0.1) is 0 Å². The maximum absolute atomic E-state index is 12.4. The van der Waals surface area contributed by atoms with Crippen molar-refractivity contribution in [2.45, 2.75) is 46.3 Å². The van der Waals surface area contributed by atoms with Crippen LogP contribution >= 0.6 is 0 Å². The molecule has 1 N–H and O–H groups in total. The monoisotopic (exact) mass is 271 g/mol. The van der Waals surface area contributed by atoms with Crippen LogP contribution in [0.5, 0.6) is 5.75 Å². The first-order chi connectivity index (χ1) is 9.08. The third kappa shape index (κ3) is 5.15. The Morgan fingerprint density at radius 2 is 1.89 bits per heavy atom.